The highest BCUT2D eigenvalue weighted by molar-refractivity contribution is 7.80. The molecule has 1 aromatic rings. The minimum atomic E-state index is 0.592. The Hall–Kier alpha value is -0.730. The van der Waals surface area contributed by atoms with E-state index in [4.69, 9.17) is 23.8 Å². The maximum atomic E-state index is 5.71. The van der Waals surface area contributed by atoms with Crippen molar-refractivity contribution in [2.75, 3.05) is 0 Å². The summed E-state index contributed by atoms with van der Waals surface area (Å²) in [6.45, 7) is 1.84. The zero-order valence-electron chi connectivity index (χ0n) is 6.62. The molecule has 12 heavy (non-hydrogen) atoms. The number of halogens is 1. The highest BCUT2D eigenvalue weighted by atomic mass is 35.5. The summed E-state index contributed by atoms with van der Waals surface area (Å²) in [6.07, 6.45) is 1.68. The number of thiocarbonyl (C=S) groups is 1. The molecule has 0 heterocycles. The molecule has 62 valence electrons. The van der Waals surface area contributed by atoms with Gasteiger partial charge in [0.25, 0.3) is 0 Å². The first kappa shape index (κ1) is 9.36. The van der Waals surface area contributed by atoms with Gasteiger partial charge >= 0.3 is 0 Å². The quantitative estimate of drug-likeness (QED) is 0.498. The van der Waals surface area contributed by atoms with Crippen LogP contribution < -0.4 is 0 Å². The summed E-state index contributed by atoms with van der Waals surface area (Å²) in [5, 5.41) is 0.710. The monoisotopic (exact) mass is 197 g/mol. The summed E-state index contributed by atoms with van der Waals surface area (Å²) < 4.78 is 0. The second-order valence-electron chi connectivity index (χ2n) is 2.20. The largest absolute Gasteiger partial charge is 0.249 e. The van der Waals surface area contributed by atoms with Gasteiger partial charge in [0.1, 0.15) is 4.99 Å². The molecule has 0 N–H and O–H groups in total. The summed E-state index contributed by atoms with van der Waals surface area (Å²) in [5.74, 6) is 0. The van der Waals surface area contributed by atoms with E-state index in [1.54, 1.807) is 18.3 Å². The molecule has 0 aliphatic heterocycles. The lowest BCUT2D eigenvalue weighted by molar-refractivity contribution is 1.61. The molecule has 0 unspecified atom stereocenters. The molecule has 1 nitrogen and oxygen atoms in total. The van der Waals surface area contributed by atoms with Crippen molar-refractivity contribution in [3.05, 3.63) is 34.9 Å². The lowest BCUT2D eigenvalue weighted by atomic mass is 10.2. The predicted molar refractivity (Wildman–Crippen MR) is 57.3 cm³/mol. The summed E-state index contributed by atoms with van der Waals surface area (Å²) in [6, 6.07) is 7.32. The van der Waals surface area contributed by atoms with E-state index in [0.29, 0.717) is 10.0 Å². The Morgan fingerprint density at radius 3 is 2.50 bits per heavy atom. The summed E-state index contributed by atoms with van der Waals surface area (Å²) >= 11 is 10.7. The van der Waals surface area contributed by atoms with Gasteiger partial charge in [0.05, 0.1) is 0 Å². The Morgan fingerprint density at radius 1 is 1.42 bits per heavy atom. The second kappa shape index (κ2) is 4.33. The molecule has 3 heteroatoms. The fraction of sp³-hybridized carbons (Fsp3) is 0.111. The van der Waals surface area contributed by atoms with E-state index >= 15 is 0 Å². The normalized spacial score (nSPS) is 10.5. The third-order valence-corrected chi connectivity index (χ3v) is 1.93. The van der Waals surface area contributed by atoms with Crippen LogP contribution in [0.15, 0.2) is 29.3 Å². The van der Waals surface area contributed by atoms with Crippen molar-refractivity contribution in [2.24, 2.45) is 4.99 Å². The molecule has 0 fully saturated rings. The van der Waals surface area contributed by atoms with Crippen molar-refractivity contribution in [3.63, 3.8) is 0 Å². The third-order valence-electron chi connectivity index (χ3n) is 1.34. The van der Waals surface area contributed by atoms with Gasteiger partial charge in [0.2, 0.25) is 0 Å². The lowest BCUT2D eigenvalue weighted by Gasteiger charge is -1.96. The minimum absolute atomic E-state index is 0.592. The number of nitrogens with zero attached hydrogens (tertiary/aromatic N) is 1. The van der Waals surface area contributed by atoms with Gasteiger partial charge in [-0.15, -0.1) is 0 Å². The Balaban J connectivity index is 2.90. The molecule has 1 rings (SSSR count). The number of hydrogen-bond acceptors (Lipinski definition) is 1. The number of hydrogen-bond donors (Lipinski definition) is 0. The van der Waals surface area contributed by atoms with E-state index in [1.807, 2.05) is 19.1 Å². The summed E-state index contributed by atoms with van der Waals surface area (Å²) in [5.41, 5.74) is 0.924. The van der Waals surface area contributed by atoms with Crippen LogP contribution in [0.1, 0.15) is 12.5 Å². The predicted octanol–water partition coefficient (Wildman–Crippen LogP) is 3.11. The molecule has 0 saturated carbocycles. The minimum Gasteiger partial charge on any atom is -0.249 e. The van der Waals surface area contributed by atoms with Crippen molar-refractivity contribution < 1.29 is 0 Å². The second-order valence-corrected chi connectivity index (χ2v) is 3.02. The van der Waals surface area contributed by atoms with Gasteiger partial charge in [-0.3, -0.25) is 0 Å². The van der Waals surface area contributed by atoms with Crippen molar-refractivity contribution in [2.45, 2.75) is 6.92 Å². The van der Waals surface area contributed by atoms with Crippen molar-refractivity contribution in [3.8, 4) is 0 Å². The smallest absolute Gasteiger partial charge is 0.132 e. The van der Waals surface area contributed by atoms with E-state index in [2.05, 4.69) is 4.99 Å². The van der Waals surface area contributed by atoms with Crippen LogP contribution >= 0.6 is 23.8 Å². The molecule has 1 aromatic carbocycles. The van der Waals surface area contributed by atoms with Crippen LogP contribution in [0, 0.1) is 0 Å². The molecule has 0 aliphatic rings. The zero-order chi connectivity index (χ0) is 8.97. The first-order chi connectivity index (χ1) is 5.74. The van der Waals surface area contributed by atoms with E-state index in [-0.39, 0.29) is 0 Å². The Labute approximate surface area is 82.1 Å². The number of rotatable bonds is 1. The first-order valence-corrected chi connectivity index (χ1v) is 4.31. The molecule has 0 aromatic heterocycles. The molecule has 0 saturated heterocycles. The number of benzene rings is 1. The summed E-state index contributed by atoms with van der Waals surface area (Å²) in [4.78, 5) is 4.58. The molecule has 0 radical (unpaired) electrons. The topological polar surface area (TPSA) is 12.4 Å². The summed E-state index contributed by atoms with van der Waals surface area (Å²) in [7, 11) is 0. The van der Waals surface area contributed by atoms with Gasteiger partial charge in [-0.05, 0) is 19.1 Å². The van der Waals surface area contributed by atoms with Gasteiger partial charge in [0.15, 0.2) is 0 Å². The molecule has 0 spiro atoms. The molecular weight excluding hydrogens is 190 g/mol. The average Bonchev–Trinajstić information content (AvgIpc) is 2.06. The maximum absolute atomic E-state index is 5.71. The first-order valence-electron chi connectivity index (χ1n) is 3.52. The van der Waals surface area contributed by atoms with Crippen LogP contribution in [0.4, 0.5) is 0 Å². The average molecular weight is 198 g/mol. The van der Waals surface area contributed by atoms with Gasteiger partial charge < -0.3 is 0 Å². The Bertz CT molecular complexity index is 303. The standard InChI is InChI=1S/C9H8ClNS/c1-2-11-9(12)7-3-5-8(10)6-4-7/h2-6H,1H3. The van der Waals surface area contributed by atoms with Gasteiger partial charge in [-0.1, -0.05) is 36.0 Å². The lowest BCUT2D eigenvalue weighted by Crippen LogP contribution is -1.91. The third kappa shape index (κ3) is 2.40. The molecule has 0 bridgehead atoms. The highest BCUT2D eigenvalue weighted by Gasteiger charge is 1.96. The van der Waals surface area contributed by atoms with Crippen LogP contribution in [0.25, 0.3) is 0 Å². The van der Waals surface area contributed by atoms with Gasteiger partial charge in [-0.25, -0.2) is 4.99 Å². The van der Waals surface area contributed by atoms with Gasteiger partial charge in [-0.2, -0.15) is 0 Å². The van der Waals surface area contributed by atoms with Crippen molar-refractivity contribution in [1.82, 2.24) is 0 Å². The molecule has 0 atom stereocenters. The number of aliphatic imine (C=N–C) groups is 1. The Kier molecular flexibility index (Phi) is 3.38. The molecule has 0 amide bonds. The van der Waals surface area contributed by atoms with Crippen molar-refractivity contribution >= 4 is 35.0 Å². The van der Waals surface area contributed by atoms with Crippen LogP contribution in [0.2, 0.25) is 5.02 Å². The fourth-order valence-electron chi connectivity index (χ4n) is 0.784. The van der Waals surface area contributed by atoms with Gasteiger partial charge in [0, 0.05) is 16.8 Å². The van der Waals surface area contributed by atoms with Crippen LogP contribution in [-0.4, -0.2) is 11.2 Å². The SMILES string of the molecule is CC=NC(=S)c1ccc(Cl)cc1. The van der Waals surface area contributed by atoms with E-state index in [0.717, 1.165) is 5.56 Å². The maximum Gasteiger partial charge on any atom is 0.132 e. The Morgan fingerprint density at radius 2 is 2.00 bits per heavy atom. The van der Waals surface area contributed by atoms with Crippen LogP contribution in [0.5, 0.6) is 0 Å². The van der Waals surface area contributed by atoms with Crippen molar-refractivity contribution in [1.29, 1.82) is 0 Å². The molecule has 0 aliphatic carbocycles. The highest BCUT2D eigenvalue weighted by Crippen LogP contribution is 2.10. The zero-order valence-corrected chi connectivity index (χ0v) is 8.19. The van der Waals surface area contributed by atoms with Crippen LogP contribution in [0.3, 0.4) is 0 Å². The van der Waals surface area contributed by atoms with Crippen LogP contribution in [-0.2, 0) is 0 Å². The fourth-order valence-corrected chi connectivity index (χ4v) is 1.15. The van der Waals surface area contributed by atoms with E-state index < -0.39 is 0 Å². The molecular formula is C9H8ClNS. The van der Waals surface area contributed by atoms with E-state index in [1.165, 1.54) is 0 Å². The van der Waals surface area contributed by atoms with E-state index in [9.17, 15) is 0 Å².